The first-order chi connectivity index (χ1) is 20.1. The van der Waals surface area contributed by atoms with Gasteiger partial charge in [-0.15, -0.1) is 0 Å². The molecule has 0 N–H and O–H groups in total. The first-order valence-corrected chi connectivity index (χ1v) is 16.2. The highest BCUT2D eigenvalue weighted by Crippen LogP contribution is 2.51. The van der Waals surface area contributed by atoms with Crippen LogP contribution in [0.15, 0.2) is 42.5 Å². The number of hydrogen-bond acceptors (Lipinski definition) is 5. The molecule has 0 bridgehead atoms. The number of benzene rings is 2. The van der Waals surface area contributed by atoms with Gasteiger partial charge in [-0.05, 0) is 106 Å². The quantitative estimate of drug-likeness (QED) is 0.201. The zero-order valence-electron chi connectivity index (χ0n) is 26.8. The Kier molecular flexibility index (Phi) is 10.9. The Bertz CT molecular complexity index is 1160. The van der Waals surface area contributed by atoms with E-state index in [1.54, 1.807) is 6.92 Å². The molecule has 4 rings (SSSR count). The van der Waals surface area contributed by atoms with Gasteiger partial charge in [0.1, 0.15) is 23.1 Å². The molecule has 230 valence electrons. The van der Waals surface area contributed by atoms with Gasteiger partial charge in [-0.3, -0.25) is 9.59 Å². The third-order valence-corrected chi connectivity index (χ3v) is 9.62. The van der Waals surface area contributed by atoms with Crippen LogP contribution in [0.2, 0.25) is 0 Å². The van der Waals surface area contributed by atoms with E-state index in [-0.39, 0.29) is 35.2 Å². The highest BCUT2D eigenvalue weighted by molar-refractivity contribution is 5.91. The van der Waals surface area contributed by atoms with Crippen molar-refractivity contribution in [3.8, 4) is 11.5 Å². The molecule has 0 radical (unpaired) electrons. The van der Waals surface area contributed by atoms with Gasteiger partial charge in [-0.2, -0.15) is 0 Å². The molecular weight excluding hydrogens is 524 g/mol. The van der Waals surface area contributed by atoms with Gasteiger partial charge >= 0.3 is 0 Å². The fourth-order valence-electron chi connectivity index (χ4n) is 6.79. The topological polar surface area (TPSA) is 61.8 Å². The summed E-state index contributed by atoms with van der Waals surface area (Å²) in [5.74, 6) is 2.33. The number of carbonyl (C=O) groups is 2. The molecule has 2 fully saturated rings. The molecule has 2 aromatic carbocycles. The molecule has 5 nitrogen and oxygen atoms in total. The third kappa shape index (κ3) is 8.03. The van der Waals surface area contributed by atoms with Crippen LogP contribution < -0.4 is 9.47 Å². The Balaban J connectivity index is 1.65. The number of ether oxygens (including phenoxy) is 3. The lowest BCUT2D eigenvalue weighted by Gasteiger charge is -2.37. The Morgan fingerprint density at radius 3 is 2.12 bits per heavy atom. The summed E-state index contributed by atoms with van der Waals surface area (Å²) >= 11 is 0. The summed E-state index contributed by atoms with van der Waals surface area (Å²) in [6.45, 7) is 14.7. The number of ketones is 2. The molecule has 1 aliphatic carbocycles. The van der Waals surface area contributed by atoms with Crippen LogP contribution in [0.5, 0.6) is 11.5 Å². The monoisotopic (exact) mass is 576 g/mol. The van der Waals surface area contributed by atoms with Gasteiger partial charge in [0, 0.05) is 36.5 Å². The van der Waals surface area contributed by atoms with Gasteiger partial charge in [0.25, 0.3) is 0 Å². The Morgan fingerprint density at radius 1 is 1.00 bits per heavy atom. The molecule has 42 heavy (non-hydrogen) atoms. The predicted octanol–water partition coefficient (Wildman–Crippen LogP) is 8.48. The van der Waals surface area contributed by atoms with Crippen molar-refractivity contribution >= 4 is 11.6 Å². The summed E-state index contributed by atoms with van der Waals surface area (Å²) in [4.78, 5) is 27.3. The molecule has 1 unspecified atom stereocenters. The van der Waals surface area contributed by atoms with E-state index in [0.717, 1.165) is 49.2 Å². The molecule has 2 atom stereocenters. The first kappa shape index (κ1) is 32.3. The minimum atomic E-state index is -0.615. The van der Waals surface area contributed by atoms with Gasteiger partial charge in [0.15, 0.2) is 0 Å². The number of hydrogen-bond donors (Lipinski definition) is 0. The average molecular weight is 577 g/mol. The van der Waals surface area contributed by atoms with Crippen molar-refractivity contribution in [2.75, 3.05) is 26.4 Å². The maximum Gasteiger partial charge on any atom is 0.137 e. The van der Waals surface area contributed by atoms with E-state index >= 15 is 0 Å². The molecule has 0 aromatic heterocycles. The lowest BCUT2D eigenvalue weighted by Crippen LogP contribution is -2.40. The summed E-state index contributed by atoms with van der Waals surface area (Å²) in [6.07, 6.45) is 6.47. The summed E-state index contributed by atoms with van der Waals surface area (Å²) < 4.78 is 18.0. The van der Waals surface area contributed by atoms with Crippen molar-refractivity contribution in [1.29, 1.82) is 0 Å². The highest BCUT2D eigenvalue weighted by atomic mass is 16.5. The van der Waals surface area contributed by atoms with Gasteiger partial charge in [0.05, 0.1) is 13.2 Å². The molecule has 0 spiro atoms. The van der Waals surface area contributed by atoms with E-state index in [0.29, 0.717) is 45.2 Å². The molecule has 2 aromatic rings. The summed E-state index contributed by atoms with van der Waals surface area (Å²) in [6, 6.07) is 14.9. The molecule has 1 saturated heterocycles. The SMILES string of the molecule is CCOc1cc([C@@H](C)C(CCC(C)(C)Cc2ccccc2)C(=O)CC2(C(C)=O)CCOCC2)cc(OCC)c1C1CC1. The molecular formula is C37H52O5. The van der Waals surface area contributed by atoms with Gasteiger partial charge in [0.2, 0.25) is 0 Å². The van der Waals surface area contributed by atoms with E-state index in [1.807, 2.05) is 13.8 Å². The van der Waals surface area contributed by atoms with E-state index in [1.165, 1.54) is 11.1 Å². The van der Waals surface area contributed by atoms with Crippen LogP contribution in [0.4, 0.5) is 0 Å². The summed E-state index contributed by atoms with van der Waals surface area (Å²) in [5.41, 5.74) is 2.98. The Morgan fingerprint density at radius 2 is 1.60 bits per heavy atom. The van der Waals surface area contributed by atoms with E-state index in [9.17, 15) is 9.59 Å². The molecule has 1 aliphatic heterocycles. The lowest BCUT2D eigenvalue weighted by molar-refractivity contribution is -0.140. The fourth-order valence-corrected chi connectivity index (χ4v) is 6.79. The normalized spacial score (nSPS) is 18.2. The third-order valence-electron chi connectivity index (χ3n) is 9.62. The minimum absolute atomic E-state index is 0.0271. The van der Waals surface area contributed by atoms with Crippen LogP contribution in [0.3, 0.4) is 0 Å². The van der Waals surface area contributed by atoms with E-state index < -0.39 is 5.41 Å². The second-order valence-corrected chi connectivity index (χ2v) is 13.4. The summed E-state index contributed by atoms with van der Waals surface area (Å²) in [5, 5.41) is 0. The Hall–Kier alpha value is -2.66. The molecule has 2 aliphatic rings. The number of carbonyl (C=O) groups excluding carboxylic acids is 2. The molecule has 5 heteroatoms. The van der Waals surface area contributed by atoms with Crippen molar-refractivity contribution < 1.29 is 23.8 Å². The molecule has 1 heterocycles. The van der Waals surface area contributed by atoms with Crippen molar-refractivity contribution in [3.63, 3.8) is 0 Å². The van der Waals surface area contributed by atoms with Crippen LogP contribution in [-0.2, 0) is 20.7 Å². The second kappa shape index (κ2) is 14.2. The second-order valence-electron chi connectivity index (χ2n) is 13.4. The minimum Gasteiger partial charge on any atom is -0.493 e. The van der Waals surface area contributed by atoms with E-state index in [2.05, 4.69) is 63.2 Å². The highest BCUT2D eigenvalue weighted by Gasteiger charge is 2.42. The van der Waals surface area contributed by atoms with Crippen LogP contribution in [0, 0.1) is 16.7 Å². The maximum atomic E-state index is 14.4. The van der Waals surface area contributed by atoms with Gasteiger partial charge in [-0.25, -0.2) is 0 Å². The van der Waals surface area contributed by atoms with Crippen molar-refractivity contribution in [2.24, 2.45) is 16.7 Å². The smallest absolute Gasteiger partial charge is 0.137 e. The molecule has 0 amide bonds. The van der Waals surface area contributed by atoms with Crippen LogP contribution in [0.25, 0.3) is 0 Å². The average Bonchev–Trinajstić information content (AvgIpc) is 3.79. The zero-order valence-corrected chi connectivity index (χ0v) is 26.8. The molecule has 1 saturated carbocycles. The largest absolute Gasteiger partial charge is 0.493 e. The van der Waals surface area contributed by atoms with Crippen LogP contribution in [0.1, 0.15) is 115 Å². The number of Topliss-reactive ketones (excluding diaryl/α,β-unsaturated/α-hetero) is 2. The predicted molar refractivity (Wildman–Crippen MR) is 169 cm³/mol. The Labute approximate surface area is 253 Å². The van der Waals surface area contributed by atoms with Crippen molar-refractivity contribution in [3.05, 3.63) is 59.2 Å². The standard InChI is InChI=1S/C37H52O5/c1-7-41-33-22-30(23-34(42-8-2)35(33)29-14-15-29)26(3)31(16-17-36(5,6)24-28-12-10-9-11-13-28)32(39)25-37(27(4)38)18-20-40-21-19-37/h9-13,22-23,26,29,31H,7-8,14-21,24-25H2,1-6H3/t26-,31?/m1/s1. The van der Waals surface area contributed by atoms with Crippen molar-refractivity contribution in [1.82, 2.24) is 0 Å². The van der Waals surface area contributed by atoms with Crippen LogP contribution >= 0.6 is 0 Å². The van der Waals surface area contributed by atoms with Gasteiger partial charge in [-0.1, -0.05) is 51.1 Å². The number of rotatable bonds is 16. The van der Waals surface area contributed by atoms with Crippen LogP contribution in [-0.4, -0.2) is 38.0 Å². The fraction of sp³-hybridized carbons (Fsp3) is 0.622. The lowest BCUT2D eigenvalue weighted by atomic mass is 9.68. The van der Waals surface area contributed by atoms with Gasteiger partial charge < -0.3 is 14.2 Å². The zero-order chi connectivity index (χ0) is 30.3. The maximum absolute atomic E-state index is 14.4. The van der Waals surface area contributed by atoms with Crippen molar-refractivity contribution in [2.45, 2.75) is 105 Å². The first-order valence-electron chi connectivity index (χ1n) is 16.2. The van der Waals surface area contributed by atoms with E-state index in [4.69, 9.17) is 14.2 Å². The summed E-state index contributed by atoms with van der Waals surface area (Å²) in [7, 11) is 0.